The van der Waals surface area contributed by atoms with Gasteiger partial charge >= 0.3 is 0 Å². The van der Waals surface area contributed by atoms with E-state index in [-0.39, 0.29) is 0 Å². The van der Waals surface area contributed by atoms with E-state index in [1.807, 2.05) is 0 Å². The van der Waals surface area contributed by atoms with E-state index >= 15 is 0 Å². The second-order valence-corrected chi connectivity index (χ2v) is 6.24. The van der Waals surface area contributed by atoms with Gasteiger partial charge in [-0.1, -0.05) is 19.8 Å². The molecular weight excluding hydrogens is 184 g/mol. The summed E-state index contributed by atoms with van der Waals surface area (Å²) in [5, 5.41) is 3.68. The molecule has 1 unspecified atom stereocenters. The third kappa shape index (κ3) is 2.94. The predicted molar refractivity (Wildman–Crippen MR) is 65.1 cm³/mol. The van der Waals surface area contributed by atoms with Gasteiger partial charge in [0, 0.05) is 24.7 Å². The zero-order valence-electron chi connectivity index (χ0n) is 10.6. The summed E-state index contributed by atoms with van der Waals surface area (Å²) >= 11 is 0. The largest absolute Gasteiger partial charge is 0.310 e. The van der Waals surface area contributed by atoms with E-state index in [0.29, 0.717) is 5.54 Å². The van der Waals surface area contributed by atoms with Gasteiger partial charge < -0.3 is 5.32 Å². The minimum absolute atomic E-state index is 0.299. The van der Waals surface area contributed by atoms with Crippen LogP contribution in [0.2, 0.25) is 0 Å². The van der Waals surface area contributed by atoms with E-state index in [0.717, 1.165) is 12.0 Å². The summed E-state index contributed by atoms with van der Waals surface area (Å²) < 4.78 is 0. The highest BCUT2D eigenvalue weighted by molar-refractivity contribution is 4.90. The maximum Gasteiger partial charge on any atom is 0.0252 e. The molecule has 88 valence electrons. The first-order chi connectivity index (χ1) is 7.07. The summed E-state index contributed by atoms with van der Waals surface area (Å²) in [5.41, 5.74) is 0.299. The third-order valence-corrected chi connectivity index (χ3v) is 3.91. The third-order valence-electron chi connectivity index (χ3n) is 3.91. The summed E-state index contributed by atoms with van der Waals surface area (Å²) in [4.78, 5) is 2.75. The summed E-state index contributed by atoms with van der Waals surface area (Å²) in [6.07, 6.45) is 5.76. The first kappa shape index (κ1) is 11.4. The molecule has 1 N–H and O–H groups in total. The van der Waals surface area contributed by atoms with E-state index in [1.165, 1.54) is 45.3 Å². The van der Waals surface area contributed by atoms with Gasteiger partial charge in [0.2, 0.25) is 0 Å². The monoisotopic (exact) mass is 210 g/mol. The number of nitrogens with one attached hydrogen (secondary N) is 1. The first-order valence-corrected chi connectivity index (χ1v) is 6.56. The lowest BCUT2D eigenvalue weighted by atomic mass is 10.0. The van der Waals surface area contributed by atoms with Crippen LogP contribution in [0.1, 0.15) is 46.5 Å². The number of hydrogen-bond donors (Lipinski definition) is 1. The molecule has 1 aliphatic heterocycles. The second kappa shape index (κ2) is 4.42. The van der Waals surface area contributed by atoms with E-state index in [2.05, 4.69) is 31.0 Å². The number of rotatable bonds is 1. The van der Waals surface area contributed by atoms with Crippen molar-refractivity contribution in [1.82, 2.24) is 10.2 Å². The number of hydrogen-bond acceptors (Lipinski definition) is 2. The van der Waals surface area contributed by atoms with Gasteiger partial charge in [-0.3, -0.25) is 4.90 Å². The minimum atomic E-state index is 0.299. The van der Waals surface area contributed by atoms with Crippen LogP contribution in [-0.2, 0) is 0 Å². The Balaban J connectivity index is 2.01. The molecule has 0 aromatic rings. The highest BCUT2D eigenvalue weighted by Gasteiger charge is 2.31. The van der Waals surface area contributed by atoms with Crippen LogP contribution in [0, 0.1) is 5.92 Å². The molecule has 2 rings (SSSR count). The van der Waals surface area contributed by atoms with Crippen molar-refractivity contribution in [2.75, 3.05) is 19.6 Å². The molecule has 0 bridgehead atoms. The fraction of sp³-hybridized carbons (Fsp3) is 1.00. The molecule has 2 aliphatic rings. The summed E-state index contributed by atoms with van der Waals surface area (Å²) in [6, 6.07) is 0.881. The normalized spacial score (nSPS) is 34.2. The number of nitrogens with zero attached hydrogens (tertiary/aromatic N) is 1. The van der Waals surface area contributed by atoms with Gasteiger partial charge in [-0.05, 0) is 39.2 Å². The molecule has 2 fully saturated rings. The Morgan fingerprint density at radius 3 is 2.53 bits per heavy atom. The van der Waals surface area contributed by atoms with Crippen LogP contribution in [0.25, 0.3) is 0 Å². The van der Waals surface area contributed by atoms with Crippen molar-refractivity contribution in [2.45, 2.75) is 58.0 Å². The summed E-state index contributed by atoms with van der Waals surface area (Å²) in [5.74, 6) is 0.798. The van der Waals surface area contributed by atoms with Crippen LogP contribution < -0.4 is 5.32 Å². The Hall–Kier alpha value is -0.0800. The van der Waals surface area contributed by atoms with Crippen molar-refractivity contribution in [3.8, 4) is 0 Å². The van der Waals surface area contributed by atoms with Crippen LogP contribution in [0.15, 0.2) is 0 Å². The van der Waals surface area contributed by atoms with E-state index < -0.39 is 0 Å². The fourth-order valence-electron chi connectivity index (χ4n) is 3.09. The quantitative estimate of drug-likeness (QED) is 0.714. The van der Waals surface area contributed by atoms with Crippen LogP contribution in [0.5, 0.6) is 0 Å². The molecule has 1 saturated heterocycles. The van der Waals surface area contributed by atoms with Crippen LogP contribution in [0.3, 0.4) is 0 Å². The molecule has 0 aromatic carbocycles. The second-order valence-electron chi connectivity index (χ2n) is 6.24. The van der Waals surface area contributed by atoms with Crippen molar-refractivity contribution in [3.05, 3.63) is 0 Å². The maximum atomic E-state index is 3.68. The highest BCUT2D eigenvalue weighted by Crippen LogP contribution is 2.26. The van der Waals surface area contributed by atoms with Gasteiger partial charge in [-0.15, -0.1) is 0 Å². The average molecular weight is 210 g/mol. The zero-order valence-corrected chi connectivity index (χ0v) is 10.6. The minimum Gasteiger partial charge on any atom is -0.310 e. The lowest BCUT2D eigenvalue weighted by Gasteiger charge is -2.34. The van der Waals surface area contributed by atoms with E-state index in [4.69, 9.17) is 0 Å². The van der Waals surface area contributed by atoms with Gasteiger partial charge in [0.1, 0.15) is 0 Å². The Morgan fingerprint density at radius 2 is 1.87 bits per heavy atom. The van der Waals surface area contributed by atoms with Gasteiger partial charge in [-0.25, -0.2) is 0 Å². The fourth-order valence-corrected chi connectivity index (χ4v) is 3.09. The van der Waals surface area contributed by atoms with Crippen LogP contribution >= 0.6 is 0 Å². The molecule has 0 radical (unpaired) electrons. The Bertz CT molecular complexity index is 207. The van der Waals surface area contributed by atoms with E-state index in [9.17, 15) is 0 Å². The average Bonchev–Trinajstić information content (AvgIpc) is 2.62. The Morgan fingerprint density at radius 1 is 1.20 bits per heavy atom. The molecule has 1 atom stereocenters. The lowest BCUT2D eigenvalue weighted by molar-refractivity contribution is 0.161. The van der Waals surface area contributed by atoms with Gasteiger partial charge in [0.25, 0.3) is 0 Å². The van der Waals surface area contributed by atoms with Crippen LogP contribution in [0.4, 0.5) is 0 Å². The first-order valence-electron chi connectivity index (χ1n) is 6.56. The molecule has 2 heteroatoms. The lowest BCUT2D eigenvalue weighted by Crippen LogP contribution is -2.48. The standard InChI is InChI=1S/C13H26N2/c1-11-8-14-13(2,3)10-15(9-11)12-6-4-5-7-12/h11-12,14H,4-10H2,1-3H3. The van der Waals surface area contributed by atoms with Crippen molar-refractivity contribution in [3.63, 3.8) is 0 Å². The smallest absolute Gasteiger partial charge is 0.0252 e. The zero-order chi connectivity index (χ0) is 10.9. The maximum absolute atomic E-state index is 3.68. The van der Waals surface area contributed by atoms with Crippen molar-refractivity contribution in [1.29, 1.82) is 0 Å². The van der Waals surface area contributed by atoms with Gasteiger partial charge in [0.05, 0.1) is 0 Å². The SMILES string of the molecule is CC1CNC(C)(C)CN(C2CCCC2)C1. The van der Waals surface area contributed by atoms with Gasteiger partial charge in [-0.2, -0.15) is 0 Å². The Kier molecular flexibility index (Phi) is 3.36. The topological polar surface area (TPSA) is 15.3 Å². The van der Waals surface area contributed by atoms with Crippen molar-refractivity contribution in [2.24, 2.45) is 5.92 Å². The molecule has 15 heavy (non-hydrogen) atoms. The molecule has 1 heterocycles. The van der Waals surface area contributed by atoms with Crippen molar-refractivity contribution >= 4 is 0 Å². The summed E-state index contributed by atoms with van der Waals surface area (Å²) in [6.45, 7) is 10.7. The molecular formula is C13H26N2. The van der Waals surface area contributed by atoms with E-state index in [1.54, 1.807) is 0 Å². The molecule has 1 saturated carbocycles. The highest BCUT2D eigenvalue weighted by atomic mass is 15.2. The summed E-state index contributed by atoms with van der Waals surface area (Å²) in [7, 11) is 0. The Labute approximate surface area is 94.4 Å². The molecule has 1 aliphatic carbocycles. The van der Waals surface area contributed by atoms with Gasteiger partial charge in [0.15, 0.2) is 0 Å². The molecule has 0 aromatic heterocycles. The molecule has 0 spiro atoms. The molecule has 0 amide bonds. The van der Waals surface area contributed by atoms with Crippen molar-refractivity contribution < 1.29 is 0 Å². The predicted octanol–water partition coefficient (Wildman–Crippen LogP) is 2.25. The molecule has 2 nitrogen and oxygen atoms in total. The van der Waals surface area contributed by atoms with Crippen LogP contribution in [-0.4, -0.2) is 36.1 Å².